The van der Waals surface area contributed by atoms with Crippen LogP contribution in [-0.2, 0) is 4.79 Å². The Morgan fingerprint density at radius 2 is 2.03 bits per heavy atom. The van der Waals surface area contributed by atoms with Gasteiger partial charge in [0.1, 0.15) is 17.7 Å². The van der Waals surface area contributed by atoms with Gasteiger partial charge < -0.3 is 26.6 Å². The molecule has 1 aliphatic carbocycles. The van der Waals surface area contributed by atoms with Gasteiger partial charge in [0, 0.05) is 25.3 Å². The van der Waals surface area contributed by atoms with Crippen molar-refractivity contribution in [2.45, 2.75) is 32.9 Å². The largest absolute Gasteiger partial charge is 0.382 e. The van der Waals surface area contributed by atoms with Gasteiger partial charge in [-0.3, -0.25) is 4.79 Å². The van der Waals surface area contributed by atoms with Gasteiger partial charge in [-0.15, -0.1) is 0 Å². The zero-order valence-corrected chi connectivity index (χ0v) is 19.4. The number of amides is 1. The van der Waals surface area contributed by atoms with E-state index in [0.29, 0.717) is 12.1 Å². The summed E-state index contributed by atoms with van der Waals surface area (Å²) in [5.74, 6) is 0.352. The SMILES string of the molecule is C=N/C(N)=C(\N=C(/C)C1=CCC(C(=O)N2CCCNCC2)C=C1)C1Nc2ccc(C)cc2N1. The number of carbonyl (C=O) groups excluding carboxylic acids is 1. The van der Waals surface area contributed by atoms with Crippen molar-refractivity contribution < 1.29 is 4.79 Å². The van der Waals surface area contributed by atoms with Crippen molar-refractivity contribution >= 4 is 29.7 Å². The van der Waals surface area contributed by atoms with Gasteiger partial charge in [-0.05, 0) is 63.2 Å². The lowest BCUT2D eigenvalue weighted by molar-refractivity contribution is -0.133. The van der Waals surface area contributed by atoms with Crippen LogP contribution in [0.3, 0.4) is 0 Å². The van der Waals surface area contributed by atoms with Crippen molar-refractivity contribution in [3.8, 4) is 0 Å². The summed E-state index contributed by atoms with van der Waals surface area (Å²) < 4.78 is 0. The number of nitrogens with one attached hydrogen (secondary N) is 3. The molecule has 8 nitrogen and oxygen atoms in total. The zero-order chi connectivity index (χ0) is 23.4. The highest BCUT2D eigenvalue weighted by Crippen LogP contribution is 2.33. The highest BCUT2D eigenvalue weighted by molar-refractivity contribution is 6.02. The minimum absolute atomic E-state index is 0.120. The molecular weight excluding hydrogens is 414 g/mol. The Kier molecular flexibility index (Phi) is 6.93. The van der Waals surface area contributed by atoms with Crippen molar-refractivity contribution in [1.82, 2.24) is 10.2 Å². The van der Waals surface area contributed by atoms with E-state index in [1.54, 1.807) is 0 Å². The normalized spacial score (nSPS) is 23.5. The first-order valence-corrected chi connectivity index (χ1v) is 11.5. The van der Waals surface area contributed by atoms with Crippen molar-refractivity contribution in [2.75, 3.05) is 36.8 Å². The minimum atomic E-state index is -0.304. The third kappa shape index (κ3) is 5.17. The Hall–Kier alpha value is -3.39. The van der Waals surface area contributed by atoms with Crippen molar-refractivity contribution in [3.05, 3.63) is 59.1 Å². The third-order valence-electron chi connectivity index (χ3n) is 6.26. The molecule has 2 atom stereocenters. The summed E-state index contributed by atoms with van der Waals surface area (Å²) in [5.41, 5.74) is 11.7. The van der Waals surface area contributed by atoms with Gasteiger partial charge in [0.15, 0.2) is 0 Å². The second-order valence-electron chi connectivity index (χ2n) is 8.69. The lowest BCUT2D eigenvalue weighted by Gasteiger charge is -2.25. The van der Waals surface area contributed by atoms with Crippen LogP contribution in [0, 0.1) is 12.8 Å². The molecule has 0 bridgehead atoms. The minimum Gasteiger partial charge on any atom is -0.382 e. The molecule has 3 aliphatic rings. The highest BCUT2D eigenvalue weighted by Gasteiger charge is 2.27. The Balaban J connectivity index is 1.47. The molecule has 1 amide bonds. The van der Waals surface area contributed by atoms with Crippen molar-refractivity contribution in [1.29, 1.82) is 0 Å². The fourth-order valence-corrected chi connectivity index (χ4v) is 4.36. The van der Waals surface area contributed by atoms with Crippen LogP contribution in [-0.4, -0.2) is 55.6 Å². The average molecular weight is 448 g/mol. The van der Waals surface area contributed by atoms with Crippen LogP contribution in [0.2, 0.25) is 0 Å². The number of aryl methyl sites for hydroxylation is 1. The first-order valence-electron chi connectivity index (χ1n) is 11.5. The van der Waals surface area contributed by atoms with E-state index in [0.717, 1.165) is 55.3 Å². The molecule has 1 fully saturated rings. The molecule has 0 saturated carbocycles. The molecule has 5 N–H and O–H groups in total. The summed E-state index contributed by atoms with van der Waals surface area (Å²) >= 11 is 0. The standard InChI is InChI=1S/C25H33N7O/c1-16-5-10-20-21(15-16)31-24(30-20)22(23(26)27-3)29-17(2)18-6-8-19(9-7-18)25(33)32-13-4-11-28-12-14-32/h5-8,10,15,19,24,28,30-31H,3-4,9,11-14,26H2,1-2H3/b23-22-,29-17+. The molecule has 0 radical (unpaired) electrons. The smallest absolute Gasteiger partial charge is 0.229 e. The molecule has 1 saturated heterocycles. The number of benzene rings is 1. The molecule has 0 spiro atoms. The summed E-state index contributed by atoms with van der Waals surface area (Å²) in [6.07, 6.45) is 7.43. The maximum atomic E-state index is 12.9. The molecule has 8 heteroatoms. The van der Waals surface area contributed by atoms with Crippen molar-refractivity contribution in [3.63, 3.8) is 0 Å². The number of aliphatic imine (C=N–C) groups is 2. The van der Waals surface area contributed by atoms with Crippen LogP contribution in [0.15, 0.2) is 63.5 Å². The Morgan fingerprint density at radius 3 is 2.79 bits per heavy atom. The molecule has 2 unspecified atom stereocenters. The number of fused-ring (bicyclic) bond motifs is 1. The van der Waals surface area contributed by atoms with Crippen LogP contribution >= 0.6 is 0 Å². The number of nitrogens with two attached hydrogens (primary N) is 1. The zero-order valence-electron chi connectivity index (χ0n) is 19.4. The first kappa shape index (κ1) is 22.8. The summed E-state index contributed by atoms with van der Waals surface area (Å²) in [4.78, 5) is 23.7. The molecular formula is C25H33N7O. The second-order valence-corrected chi connectivity index (χ2v) is 8.69. The first-order chi connectivity index (χ1) is 16.0. The quantitative estimate of drug-likeness (QED) is 0.519. The second kappa shape index (κ2) is 10.0. The van der Waals surface area contributed by atoms with E-state index in [1.807, 2.05) is 30.0 Å². The topological polar surface area (TPSA) is 107 Å². The number of nitrogens with zero attached hydrogens (tertiary/aromatic N) is 3. The van der Waals surface area contributed by atoms with Crippen LogP contribution in [0.5, 0.6) is 0 Å². The molecule has 174 valence electrons. The monoisotopic (exact) mass is 447 g/mol. The number of hydrogen-bond donors (Lipinski definition) is 4. The maximum absolute atomic E-state index is 12.9. The third-order valence-corrected chi connectivity index (χ3v) is 6.26. The van der Waals surface area contributed by atoms with Gasteiger partial charge in [0.2, 0.25) is 5.91 Å². The molecule has 0 aromatic heterocycles. The van der Waals surface area contributed by atoms with E-state index >= 15 is 0 Å². The number of anilines is 2. The van der Waals surface area contributed by atoms with Crippen molar-refractivity contribution in [2.24, 2.45) is 21.6 Å². The fourth-order valence-electron chi connectivity index (χ4n) is 4.36. The summed E-state index contributed by atoms with van der Waals surface area (Å²) in [6, 6.07) is 6.17. The Morgan fingerprint density at radius 1 is 1.21 bits per heavy atom. The van der Waals surface area contributed by atoms with Crippen LogP contribution < -0.4 is 21.7 Å². The van der Waals surface area contributed by atoms with Gasteiger partial charge in [-0.2, -0.15) is 0 Å². The van der Waals surface area contributed by atoms with Gasteiger partial charge in [0.05, 0.1) is 17.3 Å². The predicted molar refractivity (Wildman–Crippen MR) is 135 cm³/mol. The van der Waals surface area contributed by atoms with E-state index in [2.05, 4.69) is 52.8 Å². The van der Waals surface area contributed by atoms with E-state index in [9.17, 15) is 4.79 Å². The van der Waals surface area contributed by atoms with Crippen LogP contribution in [0.1, 0.15) is 25.3 Å². The Labute approximate surface area is 195 Å². The van der Waals surface area contributed by atoms with Gasteiger partial charge in [-0.25, -0.2) is 9.98 Å². The van der Waals surface area contributed by atoms with Gasteiger partial charge in [-0.1, -0.05) is 24.3 Å². The van der Waals surface area contributed by atoms with Crippen LogP contribution in [0.25, 0.3) is 0 Å². The lowest BCUT2D eigenvalue weighted by Crippen LogP contribution is -2.38. The van der Waals surface area contributed by atoms with Crippen LogP contribution in [0.4, 0.5) is 11.4 Å². The average Bonchev–Trinajstić information content (AvgIpc) is 3.05. The number of carbonyl (C=O) groups is 1. The maximum Gasteiger partial charge on any atom is 0.229 e. The Bertz CT molecular complexity index is 1040. The molecule has 4 rings (SSSR count). The molecule has 1 aromatic rings. The summed E-state index contributed by atoms with van der Waals surface area (Å²) in [7, 11) is 0. The number of rotatable bonds is 5. The van der Waals surface area contributed by atoms with E-state index in [4.69, 9.17) is 10.7 Å². The summed E-state index contributed by atoms with van der Waals surface area (Å²) in [5, 5.41) is 10.2. The molecule has 1 aromatic carbocycles. The van der Waals surface area contributed by atoms with Gasteiger partial charge >= 0.3 is 0 Å². The fraction of sp³-hybridized carbons (Fsp3) is 0.400. The summed E-state index contributed by atoms with van der Waals surface area (Å²) in [6.45, 7) is 11.0. The van der Waals surface area contributed by atoms with Gasteiger partial charge in [0.25, 0.3) is 0 Å². The molecule has 2 aliphatic heterocycles. The van der Waals surface area contributed by atoms with E-state index in [-0.39, 0.29) is 23.8 Å². The number of hydrogen-bond acceptors (Lipinski definition) is 7. The molecule has 33 heavy (non-hydrogen) atoms. The lowest BCUT2D eigenvalue weighted by atomic mass is 9.93. The highest BCUT2D eigenvalue weighted by atomic mass is 16.2. The number of allylic oxidation sites excluding steroid dienone is 3. The van der Waals surface area contributed by atoms with E-state index in [1.165, 1.54) is 5.56 Å². The predicted octanol–water partition coefficient (Wildman–Crippen LogP) is 2.77. The van der Waals surface area contributed by atoms with E-state index < -0.39 is 0 Å². The molecule has 2 heterocycles.